The van der Waals surface area contributed by atoms with E-state index in [-0.39, 0.29) is 18.0 Å². The van der Waals surface area contributed by atoms with Crippen molar-refractivity contribution < 1.29 is 19.1 Å². The number of rotatable bonds is 6. The molecule has 142 valence electrons. The predicted octanol–water partition coefficient (Wildman–Crippen LogP) is 2.15. The Morgan fingerprint density at radius 2 is 1.89 bits per heavy atom. The van der Waals surface area contributed by atoms with Crippen LogP contribution in [0.5, 0.6) is 0 Å². The number of methoxy groups -OCH3 is 1. The van der Waals surface area contributed by atoms with Crippen molar-refractivity contribution in [2.45, 2.75) is 6.42 Å². The van der Waals surface area contributed by atoms with E-state index in [1.807, 2.05) is 0 Å². The lowest BCUT2D eigenvalue weighted by molar-refractivity contribution is -0.115. The molecule has 0 radical (unpaired) electrons. The highest BCUT2D eigenvalue weighted by Gasteiger charge is 2.12. The van der Waals surface area contributed by atoms with Crippen LogP contribution < -0.4 is 10.6 Å². The van der Waals surface area contributed by atoms with Gasteiger partial charge >= 0.3 is 5.97 Å². The number of nitrogens with zero attached hydrogens (tertiary/aromatic N) is 3. The molecule has 0 bridgehead atoms. The monoisotopic (exact) mass is 397 g/mol. The van der Waals surface area contributed by atoms with Gasteiger partial charge in [0.2, 0.25) is 5.91 Å². The van der Waals surface area contributed by atoms with Crippen LogP contribution in [0.1, 0.15) is 26.5 Å². The van der Waals surface area contributed by atoms with Crippen molar-refractivity contribution in [1.29, 1.82) is 0 Å². The van der Waals surface area contributed by atoms with Gasteiger partial charge in [0.15, 0.2) is 5.13 Å². The van der Waals surface area contributed by atoms with Gasteiger partial charge in [0.05, 0.1) is 31.0 Å². The van der Waals surface area contributed by atoms with Gasteiger partial charge in [-0.25, -0.2) is 14.8 Å². The van der Waals surface area contributed by atoms with E-state index in [4.69, 9.17) is 0 Å². The molecule has 10 heteroatoms. The minimum atomic E-state index is -0.448. The highest BCUT2D eigenvalue weighted by molar-refractivity contribution is 7.14. The molecule has 28 heavy (non-hydrogen) atoms. The molecule has 3 aromatic rings. The Hall–Kier alpha value is -3.66. The molecule has 3 rings (SSSR count). The Labute approximate surface area is 163 Å². The van der Waals surface area contributed by atoms with Gasteiger partial charge in [-0.15, -0.1) is 11.3 Å². The maximum atomic E-state index is 12.2. The van der Waals surface area contributed by atoms with Crippen molar-refractivity contribution in [3.05, 3.63) is 65.2 Å². The molecular weight excluding hydrogens is 382 g/mol. The molecule has 0 fully saturated rings. The lowest BCUT2D eigenvalue weighted by Gasteiger charge is -2.05. The van der Waals surface area contributed by atoms with Crippen LogP contribution >= 0.6 is 11.3 Å². The third kappa shape index (κ3) is 4.95. The number of amides is 2. The molecule has 1 aromatic carbocycles. The third-order valence-corrected chi connectivity index (χ3v) is 4.31. The van der Waals surface area contributed by atoms with Gasteiger partial charge in [0, 0.05) is 23.5 Å². The number of anilines is 2. The number of hydrogen-bond donors (Lipinski definition) is 2. The molecule has 9 nitrogen and oxygen atoms in total. The standard InChI is InChI=1S/C18H15N5O4S/c1-27-17(26)11-2-4-12(5-3-11)21-15(24)8-13-10-28-18(22-13)23-16(25)14-9-19-6-7-20-14/h2-7,9-10H,8H2,1H3,(H,21,24)(H,22,23,25). The molecule has 2 heterocycles. The largest absolute Gasteiger partial charge is 0.465 e. The summed E-state index contributed by atoms with van der Waals surface area (Å²) in [5.41, 5.74) is 1.63. The molecule has 0 atom stereocenters. The van der Waals surface area contributed by atoms with Gasteiger partial charge in [-0.05, 0) is 24.3 Å². The number of carbonyl (C=O) groups is 3. The molecule has 0 aliphatic heterocycles. The maximum Gasteiger partial charge on any atom is 0.337 e. The van der Waals surface area contributed by atoms with E-state index in [0.717, 1.165) is 0 Å². The first-order valence-corrected chi connectivity index (χ1v) is 8.93. The van der Waals surface area contributed by atoms with Crippen molar-refractivity contribution in [2.24, 2.45) is 0 Å². The molecule has 0 unspecified atom stereocenters. The average Bonchev–Trinajstić information content (AvgIpc) is 3.15. The third-order valence-electron chi connectivity index (χ3n) is 3.50. The average molecular weight is 397 g/mol. The zero-order valence-electron chi connectivity index (χ0n) is 14.7. The van der Waals surface area contributed by atoms with Gasteiger partial charge < -0.3 is 10.1 Å². The lowest BCUT2D eigenvalue weighted by Crippen LogP contribution is -2.15. The second-order valence-corrected chi connectivity index (χ2v) is 6.34. The van der Waals surface area contributed by atoms with E-state index in [9.17, 15) is 14.4 Å². The van der Waals surface area contributed by atoms with Crippen molar-refractivity contribution in [3.8, 4) is 0 Å². The van der Waals surface area contributed by atoms with Gasteiger partial charge in [0.1, 0.15) is 5.69 Å². The Kier molecular flexibility index (Phi) is 6.02. The van der Waals surface area contributed by atoms with Crippen LogP contribution in [0.3, 0.4) is 0 Å². The zero-order chi connectivity index (χ0) is 19.9. The highest BCUT2D eigenvalue weighted by atomic mass is 32.1. The van der Waals surface area contributed by atoms with Crippen molar-refractivity contribution in [1.82, 2.24) is 15.0 Å². The summed E-state index contributed by atoms with van der Waals surface area (Å²) in [6, 6.07) is 6.34. The molecular formula is C18H15N5O4S. The Morgan fingerprint density at radius 1 is 1.11 bits per heavy atom. The van der Waals surface area contributed by atoms with Gasteiger partial charge in [-0.2, -0.15) is 0 Å². The second kappa shape index (κ2) is 8.82. The number of aromatic nitrogens is 3. The molecule has 0 aliphatic carbocycles. The summed E-state index contributed by atoms with van der Waals surface area (Å²) in [4.78, 5) is 47.6. The van der Waals surface area contributed by atoms with Gasteiger partial charge in [0.25, 0.3) is 5.91 Å². The lowest BCUT2D eigenvalue weighted by atomic mass is 10.2. The SMILES string of the molecule is COC(=O)c1ccc(NC(=O)Cc2csc(NC(=O)c3cnccn3)n2)cc1. The minimum absolute atomic E-state index is 0.0380. The van der Waals surface area contributed by atoms with Crippen LogP contribution in [0.15, 0.2) is 48.2 Å². The van der Waals surface area contributed by atoms with E-state index in [1.54, 1.807) is 29.6 Å². The summed E-state index contributed by atoms with van der Waals surface area (Å²) < 4.78 is 4.62. The van der Waals surface area contributed by atoms with E-state index in [0.29, 0.717) is 22.1 Å². The first kappa shape index (κ1) is 19.1. The number of benzene rings is 1. The molecule has 0 saturated heterocycles. The molecule has 2 aromatic heterocycles. The predicted molar refractivity (Wildman–Crippen MR) is 102 cm³/mol. The topological polar surface area (TPSA) is 123 Å². The van der Waals surface area contributed by atoms with Crippen LogP contribution in [-0.4, -0.2) is 39.8 Å². The first-order chi connectivity index (χ1) is 13.5. The smallest absolute Gasteiger partial charge is 0.337 e. The van der Waals surface area contributed by atoms with Crippen LogP contribution in [0, 0.1) is 0 Å². The normalized spacial score (nSPS) is 10.2. The summed E-state index contributed by atoms with van der Waals surface area (Å²) in [5.74, 6) is -1.15. The Balaban J connectivity index is 1.55. The molecule has 2 N–H and O–H groups in total. The molecule has 0 saturated carbocycles. The quantitative estimate of drug-likeness (QED) is 0.611. The summed E-state index contributed by atoms with van der Waals surface area (Å²) in [7, 11) is 1.30. The first-order valence-electron chi connectivity index (χ1n) is 8.05. The molecule has 2 amide bonds. The van der Waals surface area contributed by atoms with Crippen LogP contribution in [0.25, 0.3) is 0 Å². The number of thiazole rings is 1. The molecule has 0 aliphatic rings. The van der Waals surface area contributed by atoms with Crippen molar-refractivity contribution in [2.75, 3.05) is 17.7 Å². The summed E-state index contributed by atoms with van der Waals surface area (Å²) in [5, 5.41) is 7.38. The number of hydrogen-bond acceptors (Lipinski definition) is 8. The Morgan fingerprint density at radius 3 is 2.57 bits per heavy atom. The second-order valence-electron chi connectivity index (χ2n) is 5.48. The van der Waals surface area contributed by atoms with Crippen LogP contribution in [0.4, 0.5) is 10.8 Å². The van der Waals surface area contributed by atoms with E-state index >= 15 is 0 Å². The number of esters is 1. The molecule has 0 spiro atoms. The minimum Gasteiger partial charge on any atom is -0.465 e. The Bertz CT molecular complexity index is 989. The van der Waals surface area contributed by atoms with Crippen LogP contribution in [0.2, 0.25) is 0 Å². The van der Waals surface area contributed by atoms with Crippen molar-refractivity contribution in [3.63, 3.8) is 0 Å². The maximum absolute atomic E-state index is 12.2. The van der Waals surface area contributed by atoms with E-state index in [1.165, 1.54) is 37.0 Å². The number of ether oxygens (including phenoxy) is 1. The summed E-state index contributed by atoms with van der Waals surface area (Å²) >= 11 is 1.21. The fraction of sp³-hybridized carbons (Fsp3) is 0.111. The van der Waals surface area contributed by atoms with Gasteiger partial charge in [-0.3, -0.25) is 19.9 Å². The van der Waals surface area contributed by atoms with Gasteiger partial charge in [-0.1, -0.05) is 0 Å². The highest BCUT2D eigenvalue weighted by Crippen LogP contribution is 2.17. The van der Waals surface area contributed by atoms with E-state index < -0.39 is 11.9 Å². The number of carbonyl (C=O) groups excluding carboxylic acids is 3. The zero-order valence-corrected chi connectivity index (χ0v) is 15.5. The van der Waals surface area contributed by atoms with E-state index in [2.05, 4.69) is 30.3 Å². The number of nitrogens with one attached hydrogen (secondary N) is 2. The van der Waals surface area contributed by atoms with Crippen molar-refractivity contribution >= 4 is 39.9 Å². The summed E-state index contributed by atoms with van der Waals surface area (Å²) in [6.45, 7) is 0. The fourth-order valence-electron chi connectivity index (χ4n) is 2.20. The summed E-state index contributed by atoms with van der Waals surface area (Å²) in [6.07, 6.45) is 4.28. The van der Waals surface area contributed by atoms with Crippen LogP contribution in [-0.2, 0) is 16.0 Å². The fourth-order valence-corrected chi connectivity index (χ4v) is 2.91.